The third-order valence-electron chi connectivity index (χ3n) is 2.30. The van der Waals surface area contributed by atoms with Gasteiger partial charge in [0.25, 0.3) is 0 Å². The van der Waals surface area contributed by atoms with E-state index in [9.17, 15) is 13.9 Å². The van der Waals surface area contributed by atoms with E-state index in [1.165, 1.54) is 30.5 Å². The zero-order valence-corrected chi connectivity index (χ0v) is 10.2. The van der Waals surface area contributed by atoms with Crippen LogP contribution in [0.1, 0.15) is 17.2 Å². The molecule has 1 heterocycles. The fourth-order valence-electron chi connectivity index (χ4n) is 1.48. The number of benzene rings is 1. The average molecular weight is 300 g/mol. The highest BCUT2D eigenvalue weighted by Crippen LogP contribution is 2.28. The Morgan fingerprint density at radius 3 is 2.53 bits per heavy atom. The molecule has 1 N–H and O–H groups in total. The van der Waals surface area contributed by atoms with Crippen LogP contribution in [0.25, 0.3) is 0 Å². The zero-order valence-electron chi connectivity index (χ0n) is 8.57. The largest absolute Gasteiger partial charge is 0.384 e. The molecular formula is C12H8BrF2NO. The third-order valence-corrected chi connectivity index (χ3v) is 2.99. The van der Waals surface area contributed by atoms with Gasteiger partial charge in [-0.3, -0.25) is 4.98 Å². The molecule has 0 amide bonds. The Balaban J connectivity index is 2.40. The number of aliphatic hydroxyl groups is 1. The first-order valence-electron chi connectivity index (χ1n) is 4.81. The molecule has 1 aromatic carbocycles. The van der Waals surface area contributed by atoms with Gasteiger partial charge in [0.15, 0.2) is 0 Å². The van der Waals surface area contributed by atoms with Gasteiger partial charge in [0.2, 0.25) is 0 Å². The molecule has 0 saturated carbocycles. The maximum atomic E-state index is 13.0. The van der Waals surface area contributed by atoms with Crippen LogP contribution in [0.2, 0.25) is 0 Å². The van der Waals surface area contributed by atoms with Crippen LogP contribution in [0, 0.1) is 11.6 Å². The molecule has 2 rings (SSSR count). The van der Waals surface area contributed by atoms with Gasteiger partial charge in [-0.15, -0.1) is 0 Å². The van der Waals surface area contributed by atoms with Crippen molar-refractivity contribution in [2.75, 3.05) is 0 Å². The van der Waals surface area contributed by atoms with Crippen LogP contribution >= 0.6 is 15.9 Å². The first-order chi connectivity index (χ1) is 8.08. The van der Waals surface area contributed by atoms with Crippen LogP contribution in [0.3, 0.4) is 0 Å². The molecule has 1 aromatic heterocycles. The summed E-state index contributed by atoms with van der Waals surface area (Å²) in [5, 5.41) is 10.0. The van der Waals surface area contributed by atoms with E-state index >= 15 is 0 Å². The lowest BCUT2D eigenvalue weighted by molar-refractivity contribution is 0.218. The summed E-state index contributed by atoms with van der Waals surface area (Å²) in [4.78, 5) is 3.65. The van der Waals surface area contributed by atoms with Crippen molar-refractivity contribution in [3.8, 4) is 0 Å². The SMILES string of the molecule is OC(c1cncc(F)c1)c1ccc(F)cc1Br. The second kappa shape index (κ2) is 4.89. The van der Waals surface area contributed by atoms with Crippen molar-refractivity contribution in [2.24, 2.45) is 0 Å². The Kier molecular flexibility index (Phi) is 3.49. The summed E-state index contributed by atoms with van der Waals surface area (Å²) < 4.78 is 26.3. The summed E-state index contributed by atoms with van der Waals surface area (Å²) in [6.45, 7) is 0. The summed E-state index contributed by atoms with van der Waals surface area (Å²) in [5.74, 6) is -0.940. The second-order valence-electron chi connectivity index (χ2n) is 3.50. The maximum Gasteiger partial charge on any atom is 0.141 e. The van der Waals surface area contributed by atoms with Crippen molar-refractivity contribution in [3.05, 3.63) is 63.9 Å². The van der Waals surface area contributed by atoms with E-state index in [0.29, 0.717) is 15.6 Å². The Morgan fingerprint density at radius 1 is 1.12 bits per heavy atom. The van der Waals surface area contributed by atoms with Gasteiger partial charge in [0.05, 0.1) is 6.20 Å². The molecule has 0 radical (unpaired) electrons. The summed E-state index contributed by atoms with van der Waals surface area (Å²) >= 11 is 3.15. The number of rotatable bonds is 2. The molecule has 5 heteroatoms. The van der Waals surface area contributed by atoms with Crippen LogP contribution in [0.5, 0.6) is 0 Å². The standard InChI is InChI=1S/C12H8BrF2NO/c13-11-4-8(14)1-2-10(11)12(17)7-3-9(15)6-16-5-7/h1-6,12,17H. The molecule has 88 valence electrons. The number of nitrogens with zero attached hydrogens (tertiary/aromatic N) is 1. The first kappa shape index (κ1) is 12.1. The van der Waals surface area contributed by atoms with Gasteiger partial charge in [-0.1, -0.05) is 22.0 Å². The highest BCUT2D eigenvalue weighted by atomic mass is 79.9. The van der Waals surface area contributed by atoms with Crippen molar-refractivity contribution in [2.45, 2.75) is 6.10 Å². The topological polar surface area (TPSA) is 33.1 Å². The Bertz CT molecular complexity index is 548. The van der Waals surface area contributed by atoms with E-state index in [0.717, 1.165) is 6.20 Å². The van der Waals surface area contributed by atoms with E-state index in [1.54, 1.807) is 0 Å². The molecule has 1 atom stereocenters. The number of aromatic nitrogens is 1. The number of halogens is 3. The minimum absolute atomic E-state index is 0.317. The van der Waals surface area contributed by atoms with E-state index in [-0.39, 0.29) is 0 Å². The molecular weight excluding hydrogens is 292 g/mol. The molecule has 2 nitrogen and oxygen atoms in total. The molecule has 0 saturated heterocycles. The zero-order chi connectivity index (χ0) is 12.4. The molecule has 17 heavy (non-hydrogen) atoms. The van der Waals surface area contributed by atoms with Crippen molar-refractivity contribution in [1.29, 1.82) is 0 Å². The quantitative estimate of drug-likeness (QED) is 0.924. The van der Waals surface area contributed by atoms with Crippen molar-refractivity contribution in [1.82, 2.24) is 4.98 Å². The monoisotopic (exact) mass is 299 g/mol. The van der Waals surface area contributed by atoms with Crippen LogP contribution in [0.4, 0.5) is 8.78 Å². The number of pyridine rings is 1. The molecule has 1 unspecified atom stereocenters. The molecule has 0 aliphatic rings. The number of aliphatic hydroxyl groups excluding tert-OH is 1. The average Bonchev–Trinajstić information content (AvgIpc) is 2.28. The van der Waals surface area contributed by atoms with E-state index < -0.39 is 17.7 Å². The predicted molar refractivity (Wildman–Crippen MR) is 62.4 cm³/mol. The highest BCUT2D eigenvalue weighted by Gasteiger charge is 2.15. The third kappa shape index (κ3) is 2.68. The van der Waals surface area contributed by atoms with Gasteiger partial charge in [-0.25, -0.2) is 8.78 Å². The normalized spacial score (nSPS) is 12.5. The Hall–Kier alpha value is -1.33. The Morgan fingerprint density at radius 2 is 1.88 bits per heavy atom. The summed E-state index contributed by atoms with van der Waals surface area (Å²) in [7, 11) is 0. The summed E-state index contributed by atoms with van der Waals surface area (Å²) in [5.41, 5.74) is 0.774. The number of hydrogen-bond acceptors (Lipinski definition) is 2. The van der Waals surface area contributed by atoms with Gasteiger partial charge in [0.1, 0.15) is 17.7 Å². The van der Waals surface area contributed by atoms with E-state index in [4.69, 9.17) is 0 Å². The minimum atomic E-state index is -1.05. The van der Waals surface area contributed by atoms with Crippen LogP contribution in [-0.2, 0) is 0 Å². The van der Waals surface area contributed by atoms with E-state index in [2.05, 4.69) is 20.9 Å². The van der Waals surface area contributed by atoms with Crippen molar-refractivity contribution < 1.29 is 13.9 Å². The molecule has 0 aliphatic carbocycles. The fourth-order valence-corrected chi connectivity index (χ4v) is 2.05. The lowest BCUT2D eigenvalue weighted by atomic mass is 10.0. The number of hydrogen-bond donors (Lipinski definition) is 1. The van der Waals surface area contributed by atoms with E-state index in [1.807, 2.05) is 0 Å². The molecule has 0 bridgehead atoms. The lowest BCUT2D eigenvalue weighted by Crippen LogP contribution is -2.02. The van der Waals surface area contributed by atoms with Gasteiger partial charge >= 0.3 is 0 Å². The minimum Gasteiger partial charge on any atom is -0.384 e. The molecule has 0 spiro atoms. The lowest BCUT2D eigenvalue weighted by Gasteiger charge is -2.12. The Labute approximate surface area is 105 Å². The van der Waals surface area contributed by atoms with Gasteiger partial charge in [-0.05, 0) is 23.8 Å². The van der Waals surface area contributed by atoms with Crippen LogP contribution in [-0.4, -0.2) is 10.1 Å². The second-order valence-corrected chi connectivity index (χ2v) is 4.36. The molecule has 0 fully saturated rings. The van der Waals surface area contributed by atoms with Gasteiger partial charge < -0.3 is 5.11 Å². The summed E-state index contributed by atoms with van der Waals surface area (Å²) in [6.07, 6.45) is 1.37. The molecule has 0 aliphatic heterocycles. The predicted octanol–water partition coefficient (Wildman–Crippen LogP) is 3.20. The first-order valence-corrected chi connectivity index (χ1v) is 5.60. The van der Waals surface area contributed by atoms with Crippen molar-refractivity contribution >= 4 is 15.9 Å². The highest BCUT2D eigenvalue weighted by molar-refractivity contribution is 9.10. The van der Waals surface area contributed by atoms with Crippen LogP contribution in [0.15, 0.2) is 41.1 Å². The van der Waals surface area contributed by atoms with Crippen LogP contribution < -0.4 is 0 Å². The molecule has 2 aromatic rings. The summed E-state index contributed by atoms with van der Waals surface area (Å²) in [6, 6.07) is 5.10. The van der Waals surface area contributed by atoms with Gasteiger partial charge in [0, 0.05) is 16.2 Å². The maximum absolute atomic E-state index is 13.0. The van der Waals surface area contributed by atoms with Gasteiger partial charge in [-0.2, -0.15) is 0 Å². The smallest absolute Gasteiger partial charge is 0.141 e. The fraction of sp³-hybridized carbons (Fsp3) is 0.0833. The van der Waals surface area contributed by atoms with Crippen molar-refractivity contribution in [3.63, 3.8) is 0 Å².